The van der Waals surface area contributed by atoms with Gasteiger partial charge in [-0.3, -0.25) is 0 Å². The number of nitrogens with one attached hydrogen (secondary N) is 1. The van der Waals surface area contributed by atoms with Gasteiger partial charge in [-0.2, -0.15) is 0 Å². The molecular weight excluding hydrogens is 420 g/mol. The van der Waals surface area contributed by atoms with E-state index in [2.05, 4.69) is 49.5 Å². The summed E-state index contributed by atoms with van der Waals surface area (Å²) < 4.78 is 6.40. The molecule has 5 rings (SSSR count). The third-order valence-corrected chi connectivity index (χ3v) is 5.71. The first-order valence-electron chi connectivity index (χ1n) is 10.0. The molecule has 0 fully saturated rings. The smallest absolute Gasteiger partial charge is 0.228 e. The van der Waals surface area contributed by atoms with Crippen LogP contribution in [0.3, 0.4) is 0 Å². The van der Waals surface area contributed by atoms with Crippen LogP contribution < -0.4 is 15.8 Å². The number of aryl methyl sites for hydroxylation is 1. The summed E-state index contributed by atoms with van der Waals surface area (Å²) in [5.74, 6) is 1.42. The number of ether oxygens (including phenoxy) is 1. The summed E-state index contributed by atoms with van der Waals surface area (Å²) in [5, 5.41) is 7.58. The van der Waals surface area contributed by atoms with Crippen molar-refractivity contribution < 1.29 is 4.74 Å². The van der Waals surface area contributed by atoms with Gasteiger partial charge in [0.05, 0.1) is 29.0 Å². The highest BCUT2D eigenvalue weighted by Gasteiger charge is 2.15. The minimum absolute atomic E-state index is 0.203. The fraction of sp³-hybridized carbons (Fsp3) is 0.0833. The van der Waals surface area contributed by atoms with E-state index in [4.69, 9.17) is 10.5 Å². The van der Waals surface area contributed by atoms with E-state index in [-0.39, 0.29) is 5.95 Å². The van der Waals surface area contributed by atoms with Gasteiger partial charge >= 0.3 is 0 Å². The number of fused-ring (bicyclic) bond motifs is 1. The van der Waals surface area contributed by atoms with Gasteiger partial charge in [0.25, 0.3) is 0 Å². The van der Waals surface area contributed by atoms with Gasteiger partial charge in [0, 0.05) is 34.2 Å². The van der Waals surface area contributed by atoms with Gasteiger partial charge < -0.3 is 15.8 Å². The number of pyridine rings is 1. The van der Waals surface area contributed by atoms with Crippen LogP contribution >= 0.6 is 11.3 Å². The summed E-state index contributed by atoms with van der Waals surface area (Å²) in [4.78, 5) is 17.1. The standard InChI is InChI=1S/C24H20N6OS/c1-15-7-8-17-18(4-2-6-20(17)28-12-16-13-32-14-29-16)22(15)31-23-19(5-3-10-26-23)21-9-11-27-24(25)30-21/h2-11,13-14,28H,12H2,1H3,(H2,25,27,30). The van der Waals surface area contributed by atoms with Crippen LogP contribution in [0.5, 0.6) is 11.6 Å². The lowest BCUT2D eigenvalue weighted by Gasteiger charge is -2.16. The molecule has 2 aromatic carbocycles. The van der Waals surface area contributed by atoms with Crippen molar-refractivity contribution in [1.29, 1.82) is 0 Å². The maximum absolute atomic E-state index is 6.40. The van der Waals surface area contributed by atoms with Crippen molar-refractivity contribution in [2.75, 3.05) is 11.1 Å². The average molecular weight is 441 g/mol. The number of nitrogens with zero attached hydrogens (tertiary/aromatic N) is 4. The fourth-order valence-corrected chi connectivity index (χ4v) is 4.09. The topological polar surface area (TPSA) is 98.8 Å². The van der Waals surface area contributed by atoms with Gasteiger partial charge in [-0.15, -0.1) is 11.3 Å². The molecule has 3 heterocycles. The Morgan fingerprint density at radius 2 is 1.91 bits per heavy atom. The molecular formula is C24H20N6OS. The molecule has 8 heteroatoms. The molecule has 0 aliphatic carbocycles. The number of nitrogen functional groups attached to an aromatic ring is 1. The number of hydrogen-bond donors (Lipinski definition) is 2. The maximum atomic E-state index is 6.40. The predicted octanol–water partition coefficient (Wildman–Crippen LogP) is 5.44. The zero-order chi connectivity index (χ0) is 21.9. The largest absolute Gasteiger partial charge is 0.437 e. The summed E-state index contributed by atoms with van der Waals surface area (Å²) >= 11 is 1.59. The molecule has 0 spiro atoms. The molecule has 0 aliphatic rings. The Balaban J connectivity index is 1.54. The van der Waals surface area contributed by atoms with E-state index in [0.29, 0.717) is 18.1 Å². The SMILES string of the molecule is Cc1ccc2c(NCc3cscn3)cccc2c1Oc1ncccc1-c1ccnc(N)n1. The molecule has 7 nitrogen and oxygen atoms in total. The first-order valence-corrected chi connectivity index (χ1v) is 11.0. The van der Waals surface area contributed by atoms with E-state index in [9.17, 15) is 0 Å². The summed E-state index contributed by atoms with van der Waals surface area (Å²) in [7, 11) is 0. The highest BCUT2D eigenvalue weighted by atomic mass is 32.1. The van der Waals surface area contributed by atoms with Gasteiger partial charge in [-0.05, 0) is 36.8 Å². The summed E-state index contributed by atoms with van der Waals surface area (Å²) in [5.41, 5.74) is 12.1. The monoisotopic (exact) mass is 440 g/mol. The lowest BCUT2D eigenvalue weighted by molar-refractivity contribution is 0.466. The molecule has 32 heavy (non-hydrogen) atoms. The van der Waals surface area contributed by atoms with Crippen LogP contribution in [-0.4, -0.2) is 19.9 Å². The Hall–Kier alpha value is -4.04. The second kappa shape index (κ2) is 8.60. The molecule has 0 unspecified atom stereocenters. The summed E-state index contributed by atoms with van der Waals surface area (Å²) in [6.07, 6.45) is 3.32. The molecule has 158 valence electrons. The third-order valence-electron chi connectivity index (χ3n) is 5.07. The van der Waals surface area contributed by atoms with Crippen molar-refractivity contribution in [3.05, 3.63) is 83.1 Å². The van der Waals surface area contributed by atoms with Crippen LogP contribution in [0.25, 0.3) is 22.0 Å². The van der Waals surface area contributed by atoms with Crippen LogP contribution in [0.15, 0.2) is 71.8 Å². The van der Waals surface area contributed by atoms with E-state index in [1.807, 2.05) is 36.0 Å². The average Bonchev–Trinajstić information content (AvgIpc) is 3.33. The Bertz CT molecular complexity index is 1390. The third kappa shape index (κ3) is 3.95. The van der Waals surface area contributed by atoms with E-state index in [1.165, 1.54) is 0 Å². The number of anilines is 2. The van der Waals surface area contributed by atoms with Gasteiger partial charge in [0.1, 0.15) is 5.75 Å². The minimum atomic E-state index is 0.203. The normalized spacial score (nSPS) is 10.9. The summed E-state index contributed by atoms with van der Waals surface area (Å²) in [6, 6.07) is 15.8. The Morgan fingerprint density at radius 1 is 0.969 bits per heavy atom. The van der Waals surface area contributed by atoms with Crippen molar-refractivity contribution in [3.63, 3.8) is 0 Å². The van der Waals surface area contributed by atoms with Crippen molar-refractivity contribution >= 4 is 33.7 Å². The van der Waals surface area contributed by atoms with Crippen LogP contribution in [0.2, 0.25) is 0 Å². The van der Waals surface area contributed by atoms with Crippen molar-refractivity contribution in [3.8, 4) is 22.9 Å². The second-order valence-corrected chi connectivity index (χ2v) is 7.92. The molecule has 0 amide bonds. The van der Waals surface area contributed by atoms with Crippen LogP contribution in [0.1, 0.15) is 11.3 Å². The quantitative estimate of drug-likeness (QED) is 0.362. The Labute approximate surface area is 189 Å². The van der Waals surface area contributed by atoms with Crippen LogP contribution in [-0.2, 0) is 6.54 Å². The molecule has 3 N–H and O–H groups in total. The fourth-order valence-electron chi connectivity index (χ4n) is 3.53. The number of thiazole rings is 1. The molecule has 0 aliphatic heterocycles. The van der Waals surface area contributed by atoms with Crippen molar-refractivity contribution in [1.82, 2.24) is 19.9 Å². The summed E-state index contributed by atoms with van der Waals surface area (Å²) in [6.45, 7) is 2.68. The van der Waals surface area contributed by atoms with E-state index in [0.717, 1.165) is 39.0 Å². The molecule has 0 radical (unpaired) electrons. The first kappa shape index (κ1) is 19.9. The van der Waals surface area contributed by atoms with Gasteiger partial charge in [0.2, 0.25) is 11.8 Å². The zero-order valence-electron chi connectivity index (χ0n) is 17.3. The number of benzene rings is 2. The lowest BCUT2D eigenvalue weighted by atomic mass is 10.0. The maximum Gasteiger partial charge on any atom is 0.228 e. The van der Waals surface area contributed by atoms with Crippen LogP contribution in [0.4, 0.5) is 11.6 Å². The van der Waals surface area contributed by atoms with Gasteiger partial charge in [-0.25, -0.2) is 19.9 Å². The second-order valence-electron chi connectivity index (χ2n) is 7.20. The number of nitrogens with two attached hydrogens (primary N) is 1. The number of rotatable bonds is 6. The van der Waals surface area contributed by atoms with E-state index in [1.54, 1.807) is 29.8 Å². The molecule has 0 atom stereocenters. The Morgan fingerprint density at radius 3 is 2.75 bits per heavy atom. The van der Waals surface area contributed by atoms with E-state index < -0.39 is 0 Å². The van der Waals surface area contributed by atoms with Crippen molar-refractivity contribution in [2.24, 2.45) is 0 Å². The van der Waals surface area contributed by atoms with Gasteiger partial charge in [-0.1, -0.05) is 24.3 Å². The highest BCUT2D eigenvalue weighted by Crippen LogP contribution is 2.38. The zero-order valence-corrected chi connectivity index (χ0v) is 18.1. The molecule has 3 aromatic heterocycles. The van der Waals surface area contributed by atoms with Crippen LogP contribution in [0, 0.1) is 6.92 Å². The van der Waals surface area contributed by atoms with Crippen molar-refractivity contribution in [2.45, 2.75) is 13.5 Å². The number of hydrogen-bond acceptors (Lipinski definition) is 8. The molecule has 5 aromatic rings. The molecule has 0 bridgehead atoms. The highest BCUT2D eigenvalue weighted by molar-refractivity contribution is 7.07. The lowest BCUT2D eigenvalue weighted by Crippen LogP contribution is -2.01. The predicted molar refractivity (Wildman–Crippen MR) is 128 cm³/mol. The first-order chi connectivity index (χ1) is 15.7. The molecule has 0 saturated carbocycles. The van der Waals surface area contributed by atoms with E-state index >= 15 is 0 Å². The van der Waals surface area contributed by atoms with Gasteiger partial charge in [0.15, 0.2) is 0 Å². The minimum Gasteiger partial charge on any atom is -0.437 e. The Kier molecular flexibility index (Phi) is 5.35. The number of aromatic nitrogens is 4. The molecule has 0 saturated heterocycles.